The zero-order valence-electron chi connectivity index (χ0n) is 47.1. The second-order valence-electron chi connectivity index (χ2n) is 20.1. The van der Waals surface area contributed by atoms with Crippen LogP contribution < -0.4 is 64.6 Å². The van der Waals surface area contributed by atoms with Crippen molar-refractivity contribution in [1.82, 2.24) is 63.1 Å². The number of rotatable bonds is 38. The summed E-state index contributed by atoms with van der Waals surface area (Å²) in [5, 5.41) is 35.3. The van der Waals surface area contributed by atoms with Gasteiger partial charge in [-0.3, -0.25) is 57.5 Å². The van der Waals surface area contributed by atoms with Gasteiger partial charge in [0, 0.05) is 54.2 Å². The number of hydrogen-bond donors (Lipinski definition) is 14. The predicted octanol–water partition coefficient (Wildman–Crippen LogP) is -2.32. The van der Waals surface area contributed by atoms with E-state index >= 15 is 0 Å². The zero-order valence-corrected chi connectivity index (χ0v) is 48.7. The van der Waals surface area contributed by atoms with Crippen LogP contribution in [0.15, 0.2) is 36.8 Å². The Morgan fingerprint density at radius 1 is 0.593 bits per heavy atom. The van der Waals surface area contributed by atoms with Crippen LogP contribution in [0, 0.1) is 5.41 Å². The summed E-state index contributed by atoms with van der Waals surface area (Å²) < 4.78 is 0. The molecule has 0 radical (unpaired) electrons. The van der Waals surface area contributed by atoms with E-state index in [1.165, 1.54) is 43.0 Å². The van der Waals surface area contributed by atoms with Gasteiger partial charge in [0.2, 0.25) is 70.9 Å². The number of aliphatic hydroxyl groups excluding tert-OH is 1. The van der Waals surface area contributed by atoms with E-state index in [-0.39, 0.29) is 25.2 Å². The molecule has 0 saturated heterocycles. The minimum absolute atomic E-state index is 0.0810. The van der Waals surface area contributed by atoms with Crippen LogP contribution in [0.2, 0.25) is 0 Å². The van der Waals surface area contributed by atoms with Crippen molar-refractivity contribution < 1.29 is 62.6 Å². The first-order valence-electron chi connectivity index (χ1n) is 26.6. The summed E-state index contributed by atoms with van der Waals surface area (Å²) >= 11 is 2.99. The van der Waals surface area contributed by atoms with Crippen LogP contribution in [-0.2, 0) is 75.5 Å². The molecule has 7 atom stereocenters. The molecule has 0 aliphatic heterocycles. The molecule has 0 bridgehead atoms. The number of hydrogen-bond acceptors (Lipinski definition) is 16. The maximum atomic E-state index is 13.8. The number of primary amides is 2. The normalized spacial score (nSPS) is 13.7. The highest BCUT2D eigenvalue weighted by atomic mass is 32.2. The molecule has 1 aromatic carbocycles. The van der Waals surface area contributed by atoms with Crippen LogP contribution in [0.5, 0.6) is 0 Å². The molecule has 0 aliphatic rings. The minimum Gasteiger partial charge on any atom is -0.391 e. The number of carbonyl (C=O) groups is 12. The fourth-order valence-corrected chi connectivity index (χ4v) is 9.39. The first-order valence-corrected chi connectivity index (χ1v) is 28.9. The second kappa shape index (κ2) is 36.9. The molecule has 0 aliphatic carbocycles. The largest absolute Gasteiger partial charge is 0.391 e. The number of aliphatic hydroxyl groups is 1. The smallest absolute Gasteiger partial charge is 0.245 e. The second-order valence-corrected chi connectivity index (χ2v) is 22.2. The third kappa shape index (κ3) is 28.1. The first-order chi connectivity index (χ1) is 38.3. The zero-order chi connectivity index (χ0) is 60.7. The lowest BCUT2D eigenvalue weighted by Gasteiger charge is -2.30. The molecule has 0 saturated carbocycles. The van der Waals surface area contributed by atoms with Gasteiger partial charge in [-0.25, -0.2) is 4.98 Å². The maximum absolute atomic E-state index is 13.8. The molecular formula is C52H82N14O13S2. The molecule has 16 N–H and O–H groups in total. The van der Waals surface area contributed by atoms with Crippen molar-refractivity contribution in [3.63, 3.8) is 0 Å². The number of nitrogens with two attached hydrogens (primary N) is 2. The number of thioether (sulfide) groups is 2. The van der Waals surface area contributed by atoms with E-state index in [1.807, 2.05) is 31.2 Å². The third-order valence-electron chi connectivity index (χ3n) is 11.8. The van der Waals surface area contributed by atoms with Gasteiger partial charge in [0.15, 0.2) is 0 Å². The van der Waals surface area contributed by atoms with Crippen molar-refractivity contribution in [2.45, 2.75) is 154 Å². The molecule has 2 aromatic rings. The van der Waals surface area contributed by atoms with Crippen molar-refractivity contribution in [3.8, 4) is 0 Å². The highest BCUT2D eigenvalue weighted by molar-refractivity contribution is 7.98. The number of nitrogens with zero attached hydrogens (tertiary/aromatic N) is 1. The third-order valence-corrected chi connectivity index (χ3v) is 13.9. The van der Waals surface area contributed by atoms with Gasteiger partial charge < -0.3 is 74.7 Å². The molecule has 0 fully saturated rings. The van der Waals surface area contributed by atoms with Crippen LogP contribution in [0.3, 0.4) is 0 Å². The van der Waals surface area contributed by atoms with Crippen LogP contribution >= 0.6 is 23.5 Å². The Balaban J connectivity index is 1.95. The molecule has 81 heavy (non-hydrogen) atoms. The topological polar surface area (TPSA) is 426 Å². The Kier molecular flexibility index (Phi) is 31.8. The number of imidazole rings is 1. The number of amides is 12. The Morgan fingerprint density at radius 3 is 1.67 bits per heavy atom. The number of carbonyl (C=O) groups excluding carboxylic acids is 12. The first kappa shape index (κ1) is 69.8. The number of aromatic amines is 1. The van der Waals surface area contributed by atoms with Crippen molar-refractivity contribution in [2.24, 2.45) is 16.9 Å². The van der Waals surface area contributed by atoms with E-state index in [1.54, 1.807) is 34.6 Å². The minimum atomic E-state index is -1.66. The summed E-state index contributed by atoms with van der Waals surface area (Å²) in [6.07, 6.45) is 3.48. The van der Waals surface area contributed by atoms with E-state index in [0.717, 1.165) is 11.1 Å². The molecule has 1 unspecified atom stereocenters. The van der Waals surface area contributed by atoms with Crippen molar-refractivity contribution in [2.75, 3.05) is 37.7 Å². The van der Waals surface area contributed by atoms with Crippen molar-refractivity contribution in [1.29, 1.82) is 0 Å². The van der Waals surface area contributed by atoms with Gasteiger partial charge in [0.05, 0.1) is 38.6 Å². The van der Waals surface area contributed by atoms with Gasteiger partial charge >= 0.3 is 0 Å². The predicted molar refractivity (Wildman–Crippen MR) is 304 cm³/mol. The molecule has 29 heteroatoms. The molecule has 450 valence electrons. The van der Waals surface area contributed by atoms with Gasteiger partial charge in [-0.05, 0) is 42.7 Å². The molecule has 27 nitrogen and oxygen atoms in total. The molecule has 1 aromatic heterocycles. The Morgan fingerprint density at radius 2 is 1.11 bits per heavy atom. The summed E-state index contributed by atoms with van der Waals surface area (Å²) in [5.41, 5.74) is 12.4. The van der Waals surface area contributed by atoms with E-state index in [2.05, 4.69) is 63.1 Å². The lowest BCUT2D eigenvalue weighted by molar-refractivity contribution is -0.135. The Bertz CT molecular complexity index is 2440. The molecule has 2 rings (SSSR count). The number of aromatic nitrogens is 2. The average molecular weight is 1180 g/mol. The van der Waals surface area contributed by atoms with Crippen LogP contribution in [0.1, 0.15) is 110 Å². The van der Waals surface area contributed by atoms with Gasteiger partial charge in [-0.15, -0.1) is 0 Å². The standard InChI is InChI=1S/C52H82N14O13S2/c1-8-12-34(46(53)74)61-41(71)23-56-40(70)22-57-48(76)35(13-9-2)62-42(72)24-58-50(78)44(30(4)67)66-49(77)36(20-33-21-55-29-60-33)63-43(73)25-59-51(79)45(52(5,6)7)65-39(69)17-18-80-26-31-15-11-16-32(19-31)27-81-28-37(47(54)75)64-38(68)14-10-3/h11,15-16,19,21,29-30,34-37,44-45,67H,8-10,12-14,17-18,20,22-28H2,1-7H3,(H2,53,74)(H2,54,75)(H,55,60)(H,56,70)(H,57,76)(H,58,78)(H,59,79)(H,61,71)(H,62,72)(H,63,73)(H,64,68)(H,65,69)(H,66,77)/t30-,34+,35+,36+,37+,44+,45?/m1/s1. The molecule has 0 spiro atoms. The lowest BCUT2D eigenvalue weighted by Crippen LogP contribution is -2.59. The van der Waals surface area contributed by atoms with Crippen LogP contribution in [0.25, 0.3) is 0 Å². The summed E-state index contributed by atoms with van der Waals surface area (Å²) in [6, 6.07) is 0.885. The molecule has 12 amide bonds. The summed E-state index contributed by atoms with van der Waals surface area (Å²) in [6.45, 7) is 9.42. The summed E-state index contributed by atoms with van der Waals surface area (Å²) in [4.78, 5) is 160. The fourth-order valence-electron chi connectivity index (χ4n) is 7.49. The van der Waals surface area contributed by atoms with Gasteiger partial charge in [0.1, 0.15) is 36.3 Å². The average Bonchev–Trinajstić information content (AvgIpc) is 3.92. The SMILES string of the molecule is CCCC(=O)N[C@@H](CSCc1cccc(CSCCC(=O)NC(C(=O)NCC(=O)N[C@@H](Cc2cnc[nH]2)C(=O)N[C@H](C(=O)NCC(=O)N[C@@H](CCC)C(=O)NCC(=O)NCC(=O)N[C@@H](CCC)C(N)=O)[C@@H](C)O)C(C)(C)C)c1)C(N)=O. The van der Waals surface area contributed by atoms with Crippen molar-refractivity contribution in [3.05, 3.63) is 53.6 Å². The van der Waals surface area contributed by atoms with Gasteiger partial charge in [-0.1, -0.05) is 78.6 Å². The summed E-state index contributed by atoms with van der Waals surface area (Å²) in [7, 11) is 0. The number of H-pyrrole nitrogens is 1. The van der Waals surface area contributed by atoms with E-state index < -0.39 is 139 Å². The van der Waals surface area contributed by atoms with E-state index in [0.29, 0.717) is 60.8 Å². The number of nitrogens with one attached hydrogen (secondary N) is 11. The highest BCUT2D eigenvalue weighted by Crippen LogP contribution is 2.21. The van der Waals surface area contributed by atoms with E-state index in [9.17, 15) is 62.6 Å². The van der Waals surface area contributed by atoms with Crippen LogP contribution in [-0.4, -0.2) is 166 Å². The summed E-state index contributed by atoms with van der Waals surface area (Å²) in [5.74, 6) is -6.44. The van der Waals surface area contributed by atoms with Gasteiger partial charge in [-0.2, -0.15) is 23.5 Å². The molecular weight excluding hydrogens is 1090 g/mol. The van der Waals surface area contributed by atoms with Crippen LogP contribution in [0.4, 0.5) is 0 Å². The molecule has 1 heterocycles. The van der Waals surface area contributed by atoms with Crippen molar-refractivity contribution >= 4 is 94.4 Å². The monoisotopic (exact) mass is 1170 g/mol. The van der Waals surface area contributed by atoms with Gasteiger partial charge in [0.25, 0.3) is 0 Å². The fraction of sp³-hybridized carbons (Fsp3) is 0.596. The highest BCUT2D eigenvalue weighted by Gasteiger charge is 2.34. The number of benzene rings is 1. The maximum Gasteiger partial charge on any atom is 0.245 e. The lowest BCUT2D eigenvalue weighted by atomic mass is 9.86. The Hall–Kier alpha value is -7.27. The quantitative estimate of drug-likeness (QED) is 0.0314. The van der Waals surface area contributed by atoms with E-state index in [4.69, 9.17) is 11.5 Å². The Labute approximate surface area is 480 Å².